The molecule has 0 aliphatic heterocycles. The molecule has 0 spiro atoms. The molecule has 0 fully saturated rings. The minimum Gasteiger partial charge on any atom is -0.545 e. The third kappa shape index (κ3) is 2.99. The maximum absolute atomic E-state index is 6.44. The van der Waals surface area contributed by atoms with Gasteiger partial charge in [-0.05, 0) is 69.1 Å². The zero-order valence-electron chi connectivity index (χ0n) is 21.6. The first kappa shape index (κ1) is 21.6. The Morgan fingerprint density at radius 2 is 1.00 bits per heavy atom. The summed E-state index contributed by atoms with van der Waals surface area (Å²) in [5.41, 5.74) is 8.59. The number of hydrogen-bond donors (Lipinski definition) is 0. The third-order valence-electron chi connectivity index (χ3n) is 8.33. The largest absolute Gasteiger partial charge is 0.545 e. The Kier molecular flexibility index (Phi) is 4.36. The molecule has 2 nitrogen and oxygen atoms in total. The molecule has 0 radical (unpaired) electrons. The van der Waals surface area contributed by atoms with E-state index in [1.165, 1.54) is 43.4 Å². The van der Waals surface area contributed by atoms with Crippen LogP contribution in [0, 0.1) is 0 Å². The first-order valence-corrected chi connectivity index (χ1v) is 13.6. The van der Waals surface area contributed by atoms with Gasteiger partial charge in [-0.1, -0.05) is 91.0 Å². The summed E-state index contributed by atoms with van der Waals surface area (Å²) in [7, 11) is 0. The van der Waals surface area contributed by atoms with Gasteiger partial charge in [-0.3, -0.25) is 0 Å². The van der Waals surface area contributed by atoms with E-state index in [1.54, 1.807) is 0 Å². The van der Waals surface area contributed by atoms with Crippen LogP contribution in [0.5, 0.6) is 0 Å². The van der Waals surface area contributed by atoms with Crippen molar-refractivity contribution in [1.29, 1.82) is 0 Å². The Bertz CT molecular complexity index is 2270. The summed E-state index contributed by atoms with van der Waals surface area (Å²) in [6.45, 7) is 0. The summed E-state index contributed by atoms with van der Waals surface area (Å²) in [4.78, 5) is 0. The zero-order valence-corrected chi connectivity index (χ0v) is 21.6. The van der Waals surface area contributed by atoms with E-state index in [2.05, 4.69) is 121 Å². The predicted octanol–water partition coefficient (Wildman–Crippen LogP) is 11.2. The highest BCUT2D eigenvalue weighted by molar-refractivity contribution is 6.16. The SMILES string of the molecule is c1cc(-c2cccc3c2oc2ccccc23)c2cc3c(-c4cccc5c4[oH+]c4ccccc45)cccc3cc2c1. The Hall–Kier alpha value is -5.34. The molecule has 40 heavy (non-hydrogen) atoms. The van der Waals surface area contributed by atoms with Gasteiger partial charge in [0.1, 0.15) is 11.2 Å². The van der Waals surface area contributed by atoms with Crippen molar-refractivity contribution in [3.05, 3.63) is 133 Å². The van der Waals surface area contributed by atoms with E-state index < -0.39 is 0 Å². The molecule has 2 heteroatoms. The second kappa shape index (κ2) is 8.08. The summed E-state index contributed by atoms with van der Waals surface area (Å²) in [5.74, 6) is 0. The lowest BCUT2D eigenvalue weighted by Crippen LogP contribution is -1.86. The Morgan fingerprint density at radius 3 is 1.82 bits per heavy atom. The Labute approximate surface area is 229 Å². The molecule has 0 aliphatic rings. The van der Waals surface area contributed by atoms with Crippen molar-refractivity contribution >= 4 is 65.4 Å². The van der Waals surface area contributed by atoms with Crippen molar-refractivity contribution in [3.63, 3.8) is 0 Å². The van der Waals surface area contributed by atoms with Gasteiger partial charge in [-0.2, -0.15) is 0 Å². The lowest BCUT2D eigenvalue weighted by atomic mass is 9.91. The lowest BCUT2D eigenvalue weighted by molar-refractivity contribution is 0.669. The summed E-state index contributed by atoms with van der Waals surface area (Å²) in [6.07, 6.45) is 0. The monoisotopic (exact) mass is 511 g/mol. The van der Waals surface area contributed by atoms with E-state index in [4.69, 9.17) is 8.83 Å². The average Bonchev–Trinajstić information content (AvgIpc) is 3.58. The van der Waals surface area contributed by atoms with Gasteiger partial charge in [-0.25, -0.2) is 0 Å². The topological polar surface area (TPSA) is 25.9 Å². The number of fused-ring (bicyclic) bond motifs is 8. The molecular formula is C38H23O2+. The van der Waals surface area contributed by atoms with Crippen LogP contribution < -0.4 is 0 Å². The molecular weight excluding hydrogens is 488 g/mol. The minimum atomic E-state index is 0.917. The van der Waals surface area contributed by atoms with E-state index in [0.29, 0.717) is 0 Å². The second-order valence-electron chi connectivity index (χ2n) is 10.5. The van der Waals surface area contributed by atoms with Crippen LogP contribution in [0.25, 0.3) is 87.7 Å². The van der Waals surface area contributed by atoms with Crippen LogP contribution in [0.1, 0.15) is 0 Å². The van der Waals surface area contributed by atoms with E-state index in [9.17, 15) is 0 Å². The smallest absolute Gasteiger partial charge is 0.277 e. The normalized spacial score (nSPS) is 12.0. The first-order chi connectivity index (χ1) is 19.8. The number of furan rings is 2. The Morgan fingerprint density at radius 1 is 0.400 bits per heavy atom. The van der Waals surface area contributed by atoms with Crippen LogP contribution in [0.4, 0.5) is 0 Å². The summed E-state index contributed by atoms with van der Waals surface area (Å²) < 4.78 is 11.5. The van der Waals surface area contributed by atoms with Gasteiger partial charge >= 0.3 is 0 Å². The third-order valence-corrected chi connectivity index (χ3v) is 8.33. The first-order valence-electron chi connectivity index (χ1n) is 13.6. The standard InChI is InChI=1S/C38H22O2/c1-3-19-35-27(11-1)31-17-7-15-29(37(31)39-35)25-13-5-9-23-21-24-10-6-14-26(34(24)22-33(23)25)30-16-8-18-32-28-12-2-4-20-36(28)40-38(30)32/h1-22H/p+1. The van der Waals surface area contributed by atoms with Crippen molar-refractivity contribution in [2.45, 2.75) is 0 Å². The van der Waals surface area contributed by atoms with Gasteiger partial charge in [0.05, 0.1) is 16.3 Å². The maximum atomic E-state index is 6.44. The Balaban J connectivity index is 1.34. The number of hydrogen-bond acceptors (Lipinski definition) is 1. The summed E-state index contributed by atoms with van der Waals surface area (Å²) in [6, 6.07) is 47.5. The molecule has 2 aromatic heterocycles. The molecule has 0 saturated heterocycles. The van der Waals surface area contributed by atoms with E-state index in [-0.39, 0.29) is 0 Å². The summed E-state index contributed by atoms with van der Waals surface area (Å²) in [5, 5.41) is 9.56. The fraction of sp³-hybridized carbons (Fsp3) is 0. The van der Waals surface area contributed by atoms with Crippen LogP contribution in [-0.2, 0) is 0 Å². The maximum Gasteiger partial charge on any atom is 0.277 e. The molecule has 0 aliphatic carbocycles. The van der Waals surface area contributed by atoms with Gasteiger partial charge in [0.2, 0.25) is 0 Å². The summed E-state index contributed by atoms with van der Waals surface area (Å²) >= 11 is 0. The highest BCUT2D eigenvalue weighted by Crippen LogP contribution is 2.42. The number of para-hydroxylation sites is 4. The molecule has 7 aromatic carbocycles. The molecule has 0 atom stereocenters. The molecule has 1 N–H and O–H groups in total. The lowest BCUT2D eigenvalue weighted by Gasteiger charge is -2.12. The van der Waals surface area contributed by atoms with Crippen molar-refractivity contribution in [2.75, 3.05) is 0 Å². The van der Waals surface area contributed by atoms with Crippen LogP contribution in [0.3, 0.4) is 0 Å². The van der Waals surface area contributed by atoms with E-state index in [1.807, 2.05) is 12.1 Å². The van der Waals surface area contributed by atoms with Crippen molar-refractivity contribution < 1.29 is 8.83 Å². The quantitative estimate of drug-likeness (QED) is 0.167. The number of rotatable bonds is 2. The van der Waals surface area contributed by atoms with Crippen molar-refractivity contribution in [2.24, 2.45) is 0 Å². The van der Waals surface area contributed by atoms with Gasteiger partial charge in [0, 0.05) is 22.4 Å². The second-order valence-corrected chi connectivity index (χ2v) is 10.5. The van der Waals surface area contributed by atoms with Crippen molar-refractivity contribution in [1.82, 2.24) is 0 Å². The predicted molar refractivity (Wildman–Crippen MR) is 168 cm³/mol. The van der Waals surface area contributed by atoms with Gasteiger partial charge in [0.15, 0.2) is 0 Å². The van der Waals surface area contributed by atoms with Gasteiger partial charge < -0.3 is 8.83 Å². The highest BCUT2D eigenvalue weighted by Gasteiger charge is 2.19. The van der Waals surface area contributed by atoms with Crippen LogP contribution in [0.15, 0.2) is 142 Å². The fourth-order valence-electron chi connectivity index (χ4n) is 6.50. The van der Waals surface area contributed by atoms with E-state index >= 15 is 0 Å². The van der Waals surface area contributed by atoms with Crippen LogP contribution in [-0.4, -0.2) is 0 Å². The molecule has 9 rings (SSSR count). The van der Waals surface area contributed by atoms with E-state index in [0.717, 1.165) is 44.2 Å². The zero-order chi connectivity index (χ0) is 26.2. The van der Waals surface area contributed by atoms with Gasteiger partial charge in [0.25, 0.3) is 11.2 Å². The average molecular weight is 512 g/mol. The molecule has 0 amide bonds. The fourth-order valence-corrected chi connectivity index (χ4v) is 6.50. The molecule has 2 heterocycles. The molecule has 0 saturated carbocycles. The van der Waals surface area contributed by atoms with Crippen molar-refractivity contribution in [3.8, 4) is 22.3 Å². The van der Waals surface area contributed by atoms with Crippen LogP contribution in [0.2, 0.25) is 0 Å². The molecule has 0 bridgehead atoms. The molecule has 186 valence electrons. The number of benzene rings is 7. The molecule has 9 aromatic rings. The van der Waals surface area contributed by atoms with Gasteiger partial charge in [-0.15, -0.1) is 0 Å². The molecule has 0 unspecified atom stereocenters. The van der Waals surface area contributed by atoms with Crippen LogP contribution >= 0.6 is 0 Å². The highest BCUT2D eigenvalue weighted by atomic mass is 16.3. The minimum absolute atomic E-state index is 0.917.